The third-order valence-electron chi connectivity index (χ3n) is 2.79. The number of para-hydroxylation sites is 1. The second kappa shape index (κ2) is 7.91. The van der Waals surface area contributed by atoms with Gasteiger partial charge < -0.3 is 10.1 Å². The molecule has 0 unspecified atom stereocenters. The van der Waals surface area contributed by atoms with Crippen LogP contribution in [-0.2, 0) is 4.79 Å². The average Bonchev–Trinajstić information content (AvgIpc) is 2.49. The molecule has 2 rings (SSSR count). The molecule has 0 fully saturated rings. The van der Waals surface area contributed by atoms with E-state index in [-0.39, 0.29) is 5.91 Å². The van der Waals surface area contributed by atoms with Crippen LogP contribution in [0.2, 0.25) is 10.0 Å². The Morgan fingerprint density at radius 1 is 1.05 bits per heavy atom. The Balaban J connectivity index is 1.74. The van der Waals surface area contributed by atoms with Crippen LogP contribution in [0.15, 0.2) is 48.5 Å². The van der Waals surface area contributed by atoms with Gasteiger partial charge in [0.2, 0.25) is 5.91 Å². The summed E-state index contributed by atoms with van der Waals surface area (Å²) in [7, 11) is 0. The summed E-state index contributed by atoms with van der Waals surface area (Å²) in [5.74, 6) is 0.687. The molecule has 2 aromatic carbocycles. The molecular weight excluding hydrogens is 309 g/mol. The lowest BCUT2D eigenvalue weighted by Crippen LogP contribution is -2.13. The van der Waals surface area contributed by atoms with Crippen molar-refractivity contribution in [1.29, 1.82) is 0 Å². The van der Waals surface area contributed by atoms with Gasteiger partial charge in [-0.2, -0.15) is 0 Å². The fraction of sp³-hybridized carbons (Fsp3) is 0.188. The largest absolute Gasteiger partial charge is 0.494 e. The molecule has 0 aromatic heterocycles. The quantitative estimate of drug-likeness (QED) is 0.776. The van der Waals surface area contributed by atoms with Gasteiger partial charge >= 0.3 is 0 Å². The predicted molar refractivity (Wildman–Crippen MR) is 86.3 cm³/mol. The Kier molecular flexibility index (Phi) is 5.90. The summed E-state index contributed by atoms with van der Waals surface area (Å²) >= 11 is 11.9. The predicted octanol–water partition coefficient (Wildman–Crippen LogP) is 4.79. The molecule has 0 heterocycles. The van der Waals surface area contributed by atoms with E-state index in [1.165, 1.54) is 0 Å². The first-order valence-corrected chi connectivity index (χ1v) is 7.34. The van der Waals surface area contributed by atoms with E-state index < -0.39 is 0 Å². The first-order chi connectivity index (χ1) is 10.2. The van der Waals surface area contributed by atoms with Crippen molar-refractivity contribution >= 4 is 34.8 Å². The van der Waals surface area contributed by atoms with E-state index in [1.54, 1.807) is 18.2 Å². The SMILES string of the molecule is O=C(CCCOc1ccccc1)Nc1cccc(Cl)c1Cl. The molecule has 1 amide bonds. The molecule has 0 radical (unpaired) electrons. The molecule has 0 aliphatic carbocycles. The van der Waals surface area contributed by atoms with E-state index >= 15 is 0 Å². The molecule has 2 aromatic rings. The Morgan fingerprint density at radius 3 is 2.57 bits per heavy atom. The van der Waals surface area contributed by atoms with Gasteiger partial charge in [0.25, 0.3) is 0 Å². The summed E-state index contributed by atoms with van der Waals surface area (Å²) in [6, 6.07) is 14.6. The van der Waals surface area contributed by atoms with Crippen LogP contribution in [-0.4, -0.2) is 12.5 Å². The number of ether oxygens (including phenoxy) is 1. The lowest BCUT2D eigenvalue weighted by Gasteiger charge is -2.09. The fourth-order valence-electron chi connectivity index (χ4n) is 1.75. The summed E-state index contributed by atoms with van der Waals surface area (Å²) < 4.78 is 5.52. The summed E-state index contributed by atoms with van der Waals surface area (Å²) in [6.07, 6.45) is 0.981. The minimum atomic E-state index is -0.115. The van der Waals surface area contributed by atoms with Crippen molar-refractivity contribution in [1.82, 2.24) is 0 Å². The van der Waals surface area contributed by atoms with Crippen LogP contribution in [0.5, 0.6) is 5.75 Å². The van der Waals surface area contributed by atoms with E-state index in [0.29, 0.717) is 35.2 Å². The van der Waals surface area contributed by atoms with Gasteiger partial charge in [0.1, 0.15) is 5.75 Å². The number of rotatable bonds is 6. The number of amides is 1. The third kappa shape index (κ3) is 4.96. The van der Waals surface area contributed by atoms with E-state index in [9.17, 15) is 4.79 Å². The number of anilines is 1. The van der Waals surface area contributed by atoms with Crippen LogP contribution in [0.25, 0.3) is 0 Å². The lowest BCUT2D eigenvalue weighted by molar-refractivity contribution is -0.116. The number of carbonyl (C=O) groups excluding carboxylic acids is 1. The first-order valence-electron chi connectivity index (χ1n) is 6.58. The molecule has 0 bridgehead atoms. The van der Waals surface area contributed by atoms with Gasteiger partial charge in [-0.1, -0.05) is 47.5 Å². The summed E-state index contributed by atoms with van der Waals surface area (Å²) in [5, 5.41) is 3.51. The zero-order valence-electron chi connectivity index (χ0n) is 11.3. The highest BCUT2D eigenvalue weighted by Crippen LogP contribution is 2.29. The van der Waals surface area contributed by atoms with E-state index in [2.05, 4.69) is 5.32 Å². The van der Waals surface area contributed by atoms with Crippen molar-refractivity contribution < 1.29 is 9.53 Å². The van der Waals surface area contributed by atoms with Crippen molar-refractivity contribution in [3.8, 4) is 5.75 Å². The van der Waals surface area contributed by atoms with Crippen LogP contribution < -0.4 is 10.1 Å². The number of carbonyl (C=O) groups is 1. The number of nitrogens with one attached hydrogen (secondary N) is 1. The normalized spacial score (nSPS) is 10.2. The molecular formula is C16H15Cl2NO2. The maximum atomic E-state index is 11.8. The van der Waals surface area contributed by atoms with Gasteiger partial charge in [-0.15, -0.1) is 0 Å². The lowest BCUT2D eigenvalue weighted by atomic mass is 10.2. The van der Waals surface area contributed by atoms with Gasteiger partial charge in [0.15, 0.2) is 0 Å². The molecule has 5 heteroatoms. The molecule has 0 saturated carbocycles. The highest BCUT2D eigenvalue weighted by molar-refractivity contribution is 6.43. The number of hydrogen-bond acceptors (Lipinski definition) is 2. The molecule has 0 atom stereocenters. The van der Waals surface area contributed by atoms with Gasteiger partial charge in [0, 0.05) is 6.42 Å². The van der Waals surface area contributed by atoms with E-state index in [4.69, 9.17) is 27.9 Å². The Labute approximate surface area is 133 Å². The van der Waals surface area contributed by atoms with Crippen molar-refractivity contribution in [3.63, 3.8) is 0 Å². The second-order valence-electron chi connectivity index (χ2n) is 4.41. The molecule has 1 N–H and O–H groups in total. The summed E-state index contributed by atoms with van der Waals surface area (Å²) in [5.41, 5.74) is 0.526. The zero-order valence-corrected chi connectivity index (χ0v) is 12.8. The number of benzene rings is 2. The third-order valence-corrected chi connectivity index (χ3v) is 3.60. The maximum Gasteiger partial charge on any atom is 0.224 e. The minimum Gasteiger partial charge on any atom is -0.494 e. The summed E-state index contributed by atoms with van der Waals surface area (Å²) in [6.45, 7) is 0.487. The maximum absolute atomic E-state index is 11.8. The molecule has 0 spiro atoms. The van der Waals surface area contributed by atoms with E-state index in [0.717, 1.165) is 5.75 Å². The molecule has 0 aliphatic heterocycles. The summed E-state index contributed by atoms with van der Waals surface area (Å²) in [4.78, 5) is 11.8. The van der Waals surface area contributed by atoms with Crippen molar-refractivity contribution in [2.24, 2.45) is 0 Å². The number of halogens is 2. The molecule has 0 aliphatic rings. The van der Waals surface area contributed by atoms with Crippen LogP contribution >= 0.6 is 23.2 Å². The minimum absolute atomic E-state index is 0.115. The highest BCUT2D eigenvalue weighted by Gasteiger charge is 2.08. The average molecular weight is 324 g/mol. The number of hydrogen-bond donors (Lipinski definition) is 1. The molecule has 21 heavy (non-hydrogen) atoms. The van der Waals surface area contributed by atoms with Gasteiger partial charge in [0.05, 0.1) is 22.3 Å². The highest BCUT2D eigenvalue weighted by atomic mass is 35.5. The van der Waals surface area contributed by atoms with Gasteiger partial charge in [-0.3, -0.25) is 4.79 Å². The molecule has 0 saturated heterocycles. The Morgan fingerprint density at radius 2 is 1.81 bits per heavy atom. The second-order valence-corrected chi connectivity index (χ2v) is 5.20. The fourth-order valence-corrected chi connectivity index (χ4v) is 2.10. The molecule has 110 valence electrons. The first kappa shape index (κ1) is 15.7. The monoisotopic (exact) mass is 323 g/mol. The standard InChI is InChI=1S/C16H15Cl2NO2/c17-13-8-4-9-14(16(13)18)19-15(20)10-5-11-21-12-6-2-1-3-7-12/h1-4,6-9H,5,10-11H2,(H,19,20). The van der Waals surface area contributed by atoms with Crippen LogP contribution in [0.1, 0.15) is 12.8 Å². The van der Waals surface area contributed by atoms with Crippen LogP contribution in [0.3, 0.4) is 0 Å². The van der Waals surface area contributed by atoms with Crippen molar-refractivity contribution in [2.75, 3.05) is 11.9 Å². The van der Waals surface area contributed by atoms with Gasteiger partial charge in [-0.05, 0) is 30.7 Å². The zero-order chi connectivity index (χ0) is 15.1. The Hall–Kier alpha value is -1.71. The molecule has 3 nitrogen and oxygen atoms in total. The van der Waals surface area contributed by atoms with Crippen molar-refractivity contribution in [3.05, 3.63) is 58.6 Å². The smallest absolute Gasteiger partial charge is 0.224 e. The topological polar surface area (TPSA) is 38.3 Å². The van der Waals surface area contributed by atoms with Crippen molar-refractivity contribution in [2.45, 2.75) is 12.8 Å². The Bertz CT molecular complexity index is 602. The van der Waals surface area contributed by atoms with Crippen LogP contribution in [0, 0.1) is 0 Å². The van der Waals surface area contributed by atoms with Crippen LogP contribution in [0.4, 0.5) is 5.69 Å². The van der Waals surface area contributed by atoms with Gasteiger partial charge in [-0.25, -0.2) is 0 Å². The van der Waals surface area contributed by atoms with E-state index in [1.807, 2.05) is 30.3 Å².